The molecule has 0 saturated carbocycles. The fourth-order valence-electron chi connectivity index (χ4n) is 1.43. The minimum absolute atomic E-state index is 0.830. The third kappa shape index (κ3) is 6.12. The first kappa shape index (κ1) is 13.8. The molecule has 1 heterocycles. The molecule has 0 aromatic carbocycles. The lowest BCUT2D eigenvalue weighted by molar-refractivity contribution is 0.131. The van der Waals surface area contributed by atoms with E-state index in [9.17, 15) is 0 Å². The van der Waals surface area contributed by atoms with E-state index in [2.05, 4.69) is 22.5 Å². The number of unbranched alkanes of at least 4 members (excludes halogenated alkanes) is 1. The van der Waals surface area contributed by atoms with Crippen LogP contribution in [0.25, 0.3) is 0 Å². The molecule has 0 amide bonds. The molecule has 0 spiro atoms. The van der Waals surface area contributed by atoms with Crippen molar-refractivity contribution in [2.45, 2.75) is 26.2 Å². The van der Waals surface area contributed by atoms with Gasteiger partial charge in [0.1, 0.15) is 5.82 Å². The van der Waals surface area contributed by atoms with Gasteiger partial charge >= 0.3 is 0 Å². The predicted octanol–water partition coefficient (Wildman–Crippen LogP) is 2.74. The molecule has 0 radical (unpaired) electrons. The van der Waals surface area contributed by atoms with Crippen molar-refractivity contribution >= 4 is 11.5 Å². The lowest BCUT2D eigenvalue weighted by Crippen LogP contribution is -2.06. The summed E-state index contributed by atoms with van der Waals surface area (Å²) in [6, 6.07) is 3.97. The molecule has 0 aliphatic heterocycles. The highest BCUT2D eigenvalue weighted by Crippen LogP contribution is 2.10. The van der Waals surface area contributed by atoms with Crippen LogP contribution in [0.3, 0.4) is 0 Å². The first-order valence-electron chi connectivity index (χ1n) is 6.32. The molecule has 0 bridgehead atoms. The van der Waals surface area contributed by atoms with Gasteiger partial charge in [-0.1, -0.05) is 13.3 Å². The van der Waals surface area contributed by atoms with Crippen LogP contribution in [0.4, 0.5) is 11.5 Å². The number of aromatic nitrogens is 1. The Morgan fingerprint density at radius 3 is 2.88 bits per heavy atom. The molecule has 4 nitrogen and oxygen atoms in total. The van der Waals surface area contributed by atoms with E-state index < -0.39 is 0 Å². The van der Waals surface area contributed by atoms with Gasteiger partial charge in [-0.2, -0.15) is 0 Å². The molecule has 0 saturated heterocycles. The Kier molecular flexibility index (Phi) is 7.14. The Labute approximate surface area is 104 Å². The van der Waals surface area contributed by atoms with Crippen molar-refractivity contribution in [1.82, 2.24) is 4.98 Å². The van der Waals surface area contributed by atoms with Gasteiger partial charge in [0.25, 0.3) is 0 Å². The van der Waals surface area contributed by atoms with E-state index in [1.807, 2.05) is 19.2 Å². The van der Waals surface area contributed by atoms with E-state index in [0.29, 0.717) is 0 Å². The number of nitrogens with zero attached hydrogens (tertiary/aromatic N) is 1. The van der Waals surface area contributed by atoms with Crippen molar-refractivity contribution in [1.29, 1.82) is 0 Å². The van der Waals surface area contributed by atoms with Crippen molar-refractivity contribution in [2.75, 3.05) is 37.4 Å². The molecule has 1 rings (SSSR count). The van der Waals surface area contributed by atoms with Gasteiger partial charge in [0.05, 0.1) is 0 Å². The van der Waals surface area contributed by atoms with E-state index in [-0.39, 0.29) is 0 Å². The van der Waals surface area contributed by atoms with E-state index in [1.165, 1.54) is 6.42 Å². The lowest BCUT2D eigenvalue weighted by atomic mass is 10.3. The molecule has 0 aliphatic rings. The van der Waals surface area contributed by atoms with Gasteiger partial charge in [-0.05, 0) is 18.9 Å². The van der Waals surface area contributed by atoms with Gasteiger partial charge in [-0.25, -0.2) is 4.98 Å². The Morgan fingerprint density at radius 2 is 2.12 bits per heavy atom. The number of hydrogen-bond acceptors (Lipinski definition) is 4. The molecule has 0 unspecified atom stereocenters. The maximum atomic E-state index is 5.49. The normalized spacial score (nSPS) is 10.2. The molecule has 0 atom stereocenters. The summed E-state index contributed by atoms with van der Waals surface area (Å²) >= 11 is 0. The van der Waals surface area contributed by atoms with Crippen molar-refractivity contribution in [3.8, 4) is 0 Å². The van der Waals surface area contributed by atoms with Crippen LogP contribution in [-0.2, 0) is 4.74 Å². The highest BCUT2D eigenvalue weighted by molar-refractivity contribution is 5.51. The van der Waals surface area contributed by atoms with E-state index in [1.54, 1.807) is 6.20 Å². The Hall–Kier alpha value is -1.29. The Morgan fingerprint density at radius 1 is 1.29 bits per heavy atom. The third-order valence-corrected chi connectivity index (χ3v) is 2.45. The predicted molar refractivity (Wildman–Crippen MR) is 72.6 cm³/mol. The standard InChI is InChI=1S/C13H23N3O/c1-3-4-9-17-10-5-7-15-12-6-8-16-13(11-12)14-2/h6,8,11H,3-5,7,9-10H2,1-2H3,(H2,14,15,16). The zero-order chi connectivity index (χ0) is 12.3. The van der Waals surface area contributed by atoms with E-state index >= 15 is 0 Å². The fourth-order valence-corrected chi connectivity index (χ4v) is 1.43. The van der Waals surface area contributed by atoms with Gasteiger partial charge in [0.2, 0.25) is 0 Å². The summed E-state index contributed by atoms with van der Waals surface area (Å²) in [6.45, 7) is 4.82. The SMILES string of the molecule is CCCCOCCCNc1ccnc(NC)c1. The van der Waals surface area contributed by atoms with Crippen molar-refractivity contribution in [3.05, 3.63) is 18.3 Å². The van der Waals surface area contributed by atoms with Crippen molar-refractivity contribution in [2.24, 2.45) is 0 Å². The Bertz CT molecular complexity index is 304. The zero-order valence-electron chi connectivity index (χ0n) is 10.8. The summed E-state index contributed by atoms with van der Waals surface area (Å²) < 4.78 is 5.49. The quantitative estimate of drug-likeness (QED) is 0.648. The van der Waals surface area contributed by atoms with Crippen LogP contribution in [0, 0.1) is 0 Å². The molecular formula is C13H23N3O. The highest BCUT2D eigenvalue weighted by Gasteiger charge is 1.94. The number of hydrogen-bond donors (Lipinski definition) is 2. The van der Waals surface area contributed by atoms with E-state index in [0.717, 1.165) is 44.1 Å². The number of nitrogens with one attached hydrogen (secondary N) is 2. The first-order chi connectivity index (χ1) is 8.36. The molecule has 96 valence electrons. The molecule has 2 N–H and O–H groups in total. The van der Waals surface area contributed by atoms with Gasteiger partial charge in [0, 0.05) is 44.8 Å². The minimum Gasteiger partial charge on any atom is -0.385 e. The molecule has 0 aliphatic carbocycles. The Balaban J connectivity index is 2.09. The zero-order valence-corrected chi connectivity index (χ0v) is 10.8. The first-order valence-corrected chi connectivity index (χ1v) is 6.32. The van der Waals surface area contributed by atoms with Crippen LogP contribution in [-0.4, -0.2) is 31.8 Å². The largest absolute Gasteiger partial charge is 0.385 e. The van der Waals surface area contributed by atoms with Crippen LogP contribution in [0.1, 0.15) is 26.2 Å². The van der Waals surface area contributed by atoms with Crippen molar-refractivity contribution in [3.63, 3.8) is 0 Å². The molecule has 1 aromatic rings. The van der Waals surface area contributed by atoms with Crippen LogP contribution in [0.2, 0.25) is 0 Å². The summed E-state index contributed by atoms with van der Waals surface area (Å²) in [6.07, 6.45) is 5.18. The summed E-state index contributed by atoms with van der Waals surface area (Å²) in [5.74, 6) is 0.884. The molecule has 1 aromatic heterocycles. The molecule has 0 fully saturated rings. The molecule has 17 heavy (non-hydrogen) atoms. The van der Waals surface area contributed by atoms with Gasteiger partial charge < -0.3 is 15.4 Å². The molecule has 4 heteroatoms. The van der Waals surface area contributed by atoms with Crippen LogP contribution >= 0.6 is 0 Å². The van der Waals surface area contributed by atoms with Gasteiger partial charge in [0.15, 0.2) is 0 Å². The average molecular weight is 237 g/mol. The number of rotatable bonds is 9. The number of pyridine rings is 1. The second-order valence-electron chi connectivity index (χ2n) is 3.93. The maximum Gasteiger partial charge on any atom is 0.127 e. The topological polar surface area (TPSA) is 46.2 Å². The van der Waals surface area contributed by atoms with Crippen molar-refractivity contribution < 1.29 is 4.74 Å². The van der Waals surface area contributed by atoms with Crippen LogP contribution in [0.5, 0.6) is 0 Å². The second-order valence-corrected chi connectivity index (χ2v) is 3.93. The molecular weight excluding hydrogens is 214 g/mol. The third-order valence-electron chi connectivity index (χ3n) is 2.45. The van der Waals surface area contributed by atoms with E-state index in [4.69, 9.17) is 4.74 Å². The van der Waals surface area contributed by atoms with Crippen LogP contribution < -0.4 is 10.6 Å². The monoisotopic (exact) mass is 237 g/mol. The second kappa shape index (κ2) is 8.82. The highest BCUT2D eigenvalue weighted by atomic mass is 16.5. The summed E-state index contributed by atoms with van der Waals surface area (Å²) in [5.41, 5.74) is 1.10. The smallest absolute Gasteiger partial charge is 0.127 e. The summed E-state index contributed by atoms with van der Waals surface area (Å²) in [4.78, 5) is 4.16. The number of ether oxygens (including phenoxy) is 1. The maximum absolute atomic E-state index is 5.49. The van der Waals surface area contributed by atoms with Gasteiger partial charge in [-0.15, -0.1) is 0 Å². The fraction of sp³-hybridized carbons (Fsp3) is 0.615. The minimum atomic E-state index is 0.830. The van der Waals surface area contributed by atoms with Crippen LogP contribution in [0.15, 0.2) is 18.3 Å². The average Bonchev–Trinajstić information content (AvgIpc) is 2.38. The lowest BCUT2D eigenvalue weighted by Gasteiger charge is -2.08. The number of anilines is 2. The summed E-state index contributed by atoms with van der Waals surface area (Å²) in [5, 5.41) is 6.37. The summed E-state index contributed by atoms with van der Waals surface area (Å²) in [7, 11) is 1.87. The van der Waals surface area contributed by atoms with Gasteiger partial charge in [-0.3, -0.25) is 0 Å².